The van der Waals surface area contributed by atoms with Gasteiger partial charge in [0, 0.05) is 11.6 Å². The van der Waals surface area contributed by atoms with Crippen LogP contribution in [0, 0.1) is 26.7 Å². The maximum absolute atomic E-state index is 12.3. The van der Waals surface area contributed by atoms with Gasteiger partial charge in [-0.15, -0.1) is 0 Å². The van der Waals surface area contributed by atoms with E-state index in [1.165, 1.54) is 0 Å². The van der Waals surface area contributed by atoms with Crippen molar-refractivity contribution in [1.29, 1.82) is 0 Å². The molecule has 1 aromatic rings. The molecule has 1 amide bonds. The quantitative estimate of drug-likeness (QED) is 0.883. The zero-order valence-electron chi connectivity index (χ0n) is 12.1. The highest BCUT2D eigenvalue weighted by Gasteiger charge is 2.35. The fraction of sp³-hybridized carbons (Fsp3) is 0.500. The summed E-state index contributed by atoms with van der Waals surface area (Å²) in [6.45, 7) is 7.18. The van der Waals surface area contributed by atoms with E-state index in [0.29, 0.717) is 22.6 Å². The zero-order valence-corrected chi connectivity index (χ0v) is 13.0. The lowest BCUT2D eigenvalue weighted by Crippen LogP contribution is -2.29. The molecule has 1 aliphatic rings. The Morgan fingerprint density at radius 2 is 1.85 bits per heavy atom. The number of rotatable bonds is 3. The Balaban J connectivity index is 2.50. The molecule has 2 unspecified atom stereocenters. The molecule has 0 bridgehead atoms. The van der Waals surface area contributed by atoms with Crippen molar-refractivity contribution in [1.82, 2.24) is 5.32 Å². The first kappa shape index (κ1) is 15.0. The second-order valence-corrected chi connectivity index (χ2v) is 7.18. The van der Waals surface area contributed by atoms with E-state index in [1.54, 1.807) is 26.8 Å². The highest BCUT2D eigenvalue weighted by atomic mass is 32.2. The van der Waals surface area contributed by atoms with Crippen molar-refractivity contribution in [3.63, 3.8) is 0 Å². The van der Waals surface area contributed by atoms with Crippen LogP contribution in [0.4, 0.5) is 0 Å². The lowest BCUT2D eigenvalue weighted by atomic mass is 9.99. The summed E-state index contributed by atoms with van der Waals surface area (Å²) in [5.74, 6) is 0.266. The number of sulfonamides is 1. The average molecular weight is 296 g/mol. The Kier molecular flexibility index (Phi) is 3.64. The number of hydrogen-bond acceptors (Lipinski definition) is 3. The second-order valence-electron chi connectivity index (χ2n) is 5.68. The summed E-state index contributed by atoms with van der Waals surface area (Å²) in [6.07, 6.45) is 0.970. The third kappa shape index (κ3) is 2.71. The summed E-state index contributed by atoms with van der Waals surface area (Å²) in [5.41, 5.74) is 2.17. The summed E-state index contributed by atoms with van der Waals surface area (Å²) >= 11 is 0. The Hall–Kier alpha value is -1.40. The summed E-state index contributed by atoms with van der Waals surface area (Å²) < 4.78 is 23.4. The minimum absolute atomic E-state index is 0.0529. The number of carbonyl (C=O) groups excluding carboxylic acids is 1. The zero-order chi connectivity index (χ0) is 15.2. The van der Waals surface area contributed by atoms with Crippen LogP contribution in [0.15, 0.2) is 11.0 Å². The Morgan fingerprint density at radius 3 is 2.30 bits per heavy atom. The van der Waals surface area contributed by atoms with Crippen LogP contribution >= 0.6 is 0 Å². The molecule has 0 heterocycles. The minimum Gasteiger partial charge on any atom is -0.349 e. The van der Waals surface area contributed by atoms with Crippen LogP contribution in [-0.4, -0.2) is 20.4 Å². The van der Waals surface area contributed by atoms with E-state index in [0.717, 1.165) is 12.0 Å². The van der Waals surface area contributed by atoms with E-state index in [-0.39, 0.29) is 16.8 Å². The molecule has 5 nitrogen and oxygen atoms in total. The Labute approximate surface area is 119 Å². The second kappa shape index (κ2) is 4.86. The fourth-order valence-corrected chi connectivity index (χ4v) is 3.75. The molecule has 0 saturated heterocycles. The Morgan fingerprint density at radius 1 is 1.30 bits per heavy atom. The first-order chi connectivity index (χ1) is 9.12. The number of benzene rings is 1. The molecule has 0 radical (unpaired) electrons. The number of hydrogen-bond donors (Lipinski definition) is 2. The highest BCUT2D eigenvalue weighted by Crippen LogP contribution is 2.31. The van der Waals surface area contributed by atoms with Gasteiger partial charge in [0.2, 0.25) is 10.0 Å². The first-order valence-corrected chi connectivity index (χ1v) is 8.12. The van der Waals surface area contributed by atoms with Gasteiger partial charge in [-0.25, -0.2) is 13.6 Å². The first-order valence-electron chi connectivity index (χ1n) is 6.57. The predicted molar refractivity (Wildman–Crippen MR) is 77.1 cm³/mol. The lowest BCUT2D eigenvalue weighted by Gasteiger charge is -2.15. The van der Waals surface area contributed by atoms with Crippen molar-refractivity contribution in [2.75, 3.05) is 0 Å². The molecule has 1 aliphatic carbocycles. The normalized spacial score (nSPS) is 21.6. The smallest absolute Gasteiger partial charge is 0.252 e. The average Bonchev–Trinajstić information content (AvgIpc) is 2.90. The van der Waals surface area contributed by atoms with E-state index < -0.39 is 10.0 Å². The number of aryl methyl sites for hydroxylation is 2. The van der Waals surface area contributed by atoms with Gasteiger partial charge in [0.15, 0.2) is 0 Å². The van der Waals surface area contributed by atoms with E-state index in [9.17, 15) is 13.2 Å². The molecule has 110 valence electrons. The van der Waals surface area contributed by atoms with E-state index in [2.05, 4.69) is 12.2 Å². The number of nitrogens with one attached hydrogen (secondary N) is 1. The molecular formula is C14H20N2O3S. The van der Waals surface area contributed by atoms with E-state index in [4.69, 9.17) is 5.14 Å². The predicted octanol–water partition coefficient (Wildman–Crippen LogP) is 1.40. The van der Waals surface area contributed by atoms with Crippen LogP contribution in [-0.2, 0) is 10.0 Å². The molecule has 1 saturated carbocycles. The van der Waals surface area contributed by atoms with Crippen LogP contribution in [0.1, 0.15) is 40.4 Å². The number of primary sulfonamides is 1. The molecule has 1 fully saturated rings. The molecule has 2 atom stereocenters. The van der Waals surface area contributed by atoms with Gasteiger partial charge in [0.1, 0.15) is 0 Å². The monoisotopic (exact) mass is 296 g/mol. The van der Waals surface area contributed by atoms with E-state index in [1.807, 2.05) is 0 Å². The van der Waals surface area contributed by atoms with Crippen molar-refractivity contribution in [3.05, 3.63) is 28.3 Å². The van der Waals surface area contributed by atoms with Crippen LogP contribution in [0.2, 0.25) is 0 Å². The molecule has 3 N–H and O–H groups in total. The highest BCUT2D eigenvalue weighted by molar-refractivity contribution is 7.89. The van der Waals surface area contributed by atoms with Gasteiger partial charge < -0.3 is 5.32 Å². The van der Waals surface area contributed by atoms with Gasteiger partial charge in [0.25, 0.3) is 5.91 Å². The third-order valence-corrected chi connectivity index (χ3v) is 5.04. The van der Waals surface area contributed by atoms with Crippen molar-refractivity contribution in [2.24, 2.45) is 11.1 Å². The Bertz CT molecular complexity index is 680. The molecule has 6 heteroatoms. The van der Waals surface area contributed by atoms with Crippen LogP contribution in [0.5, 0.6) is 0 Å². The SMILES string of the molecule is Cc1cc(C)c(S(N)(=O)=O)c(C)c1C(=O)NC1CC1C. The minimum atomic E-state index is -3.84. The number of amides is 1. The number of carbonyl (C=O) groups is 1. The van der Waals surface area contributed by atoms with Crippen molar-refractivity contribution >= 4 is 15.9 Å². The topological polar surface area (TPSA) is 89.3 Å². The van der Waals surface area contributed by atoms with Gasteiger partial charge >= 0.3 is 0 Å². The van der Waals surface area contributed by atoms with Crippen LogP contribution in [0.25, 0.3) is 0 Å². The van der Waals surface area contributed by atoms with Gasteiger partial charge in [-0.2, -0.15) is 0 Å². The van der Waals surface area contributed by atoms with E-state index >= 15 is 0 Å². The van der Waals surface area contributed by atoms with Crippen molar-refractivity contribution < 1.29 is 13.2 Å². The summed E-state index contributed by atoms with van der Waals surface area (Å²) in [4.78, 5) is 12.4. The fourth-order valence-electron chi connectivity index (χ4n) is 2.72. The van der Waals surface area contributed by atoms with Crippen molar-refractivity contribution in [2.45, 2.75) is 45.1 Å². The molecule has 0 aromatic heterocycles. The number of nitrogens with two attached hydrogens (primary N) is 1. The summed E-state index contributed by atoms with van der Waals surface area (Å²) in [6, 6.07) is 1.89. The molecule has 2 rings (SSSR count). The van der Waals surface area contributed by atoms with Gasteiger partial charge in [-0.1, -0.05) is 13.0 Å². The molecule has 20 heavy (non-hydrogen) atoms. The molecule has 1 aromatic carbocycles. The van der Waals surface area contributed by atoms with Gasteiger partial charge in [-0.3, -0.25) is 4.79 Å². The molecule has 0 aliphatic heterocycles. The third-order valence-electron chi connectivity index (χ3n) is 3.84. The lowest BCUT2D eigenvalue weighted by molar-refractivity contribution is 0.0948. The van der Waals surface area contributed by atoms with Crippen LogP contribution < -0.4 is 10.5 Å². The summed E-state index contributed by atoms with van der Waals surface area (Å²) in [5, 5.41) is 8.18. The maximum Gasteiger partial charge on any atom is 0.252 e. The van der Waals surface area contributed by atoms with Gasteiger partial charge in [-0.05, 0) is 49.8 Å². The standard InChI is InChI=1S/C14H20N2O3S/c1-7-6-11(7)16-14(17)12-8(2)5-9(3)13(10(12)4)20(15,18)19/h5,7,11H,6H2,1-4H3,(H,16,17)(H2,15,18,19). The summed E-state index contributed by atoms with van der Waals surface area (Å²) in [7, 11) is -3.84. The van der Waals surface area contributed by atoms with Crippen LogP contribution in [0.3, 0.4) is 0 Å². The maximum atomic E-state index is 12.3. The molecular weight excluding hydrogens is 276 g/mol. The van der Waals surface area contributed by atoms with Gasteiger partial charge in [0.05, 0.1) is 4.90 Å². The van der Waals surface area contributed by atoms with Crippen molar-refractivity contribution in [3.8, 4) is 0 Å². The molecule has 0 spiro atoms. The largest absolute Gasteiger partial charge is 0.349 e.